The van der Waals surface area contributed by atoms with Gasteiger partial charge in [0, 0.05) is 30.4 Å². The zero-order valence-corrected chi connectivity index (χ0v) is 20.0. The number of nitrogens with zero attached hydrogens (tertiary/aromatic N) is 1. The number of aliphatic hydroxyl groups excluding tert-OH is 1. The molecule has 1 aromatic carbocycles. The second-order valence-electron chi connectivity index (χ2n) is 7.64. The Bertz CT molecular complexity index is 745. The number of rotatable bonds is 12. The van der Waals surface area contributed by atoms with E-state index in [1.165, 1.54) is 22.9 Å². The first kappa shape index (κ1) is 28.4. The Morgan fingerprint density at radius 3 is 2.53 bits per heavy atom. The number of amides is 2. The van der Waals surface area contributed by atoms with Crippen LogP contribution in [0.4, 0.5) is 13.2 Å². The lowest BCUT2D eigenvalue weighted by Gasteiger charge is -2.22. The number of halogens is 3. The Morgan fingerprint density at radius 1 is 1.25 bits per heavy atom. The molecule has 32 heavy (non-hydrogen) atoms. The van der Waals surface area contributed by atoms with Gasteiger partial charge in [0.25, 0.3) is 5.91 Å². The molecule has 7 nitrogen and oxygen atoms in total. The van der Waals surface area contributed by atoms with E-state index in [2.05, 4.69) is 26.1 Å². The number of carbonyl (C=O) groups is 2. The fourth-order valence-corrected chi connectivity index (χ4v) is 4.33. The van der Waals surface area contributed by atoms with Gasteiger partial charge in [-0.1, -0.05) is 48.4 Å². The molecule has 0 aliphatic heterocycles. The van der Waals surface area contributed by atoms with E-state index in [-0.39, 0.29) is 48.7 Å². The van der Waals surface area contributed by atoms with Crippen LogP contribution in [0.3, 0.4) is 0 Å². The summed E-state index contributed by atoms with van der Waals surface area (Å²) in [6, 6.07) is 6.32. The Kier molecular flexibility index (Phi) is 11.7. The largest absolute Gasteiger partial charge is 0.490 e. The molecule has 2 amide bonds. The van der Waals surface area contributed by atoms with Crippen molar-refractivity contribution in [1.29, 1.82) is 0 Å². The summed E-state index contributed by atoms with van der Waals surface area (Å²) >= 11 is 0. The van der Waals surface area contributed by atoms with Crippen LogP contribution in [0, 0.1) is 0 Å². The number of hydrogen-bond donors (Lipinski definition) is 2. The third-order valence-electron chi connectivity index (χ3n) is 3.60. The summed E-state index contributed by atoms with van der Waals surface area (Å²) in [6.07, 6.45) is -4.95. The van der Waals surface area contributed by atoms with Crippen molar-refractivity contribution in [2.24, 2.45) is 0 Å². The van der Waals surface area contributed by atoms with Crippen molar-refractivity contribution in [2.75, 3.05) is 40.0 Å². The van der Waals surface area contributed by atoms with Gasteiger partial charge in [-0.15, -0.1) is 0 Å². The normalized spacial score (nSPS) is 12.9. The summed E-state index contributed by atoms with van der Waals surface area (Å²) in [6.45, 7) is 6.00. The van der Waals surface area contributed by atoms with Crippen LogP contribution in [0.25, 0.3) is 0 Å². The van der Waals surface area contributed by atoms with Crippen molar-refractivity contribution in [3.8, 4) is 5.75 Å². The number of carbonyl (C=O) groups excluding carboxylic acids is 2. The van der Waals surface area contributed by atoms with Crippen molar-refractivity contribution < 1.29 is 37.3 Å². The number of likely N-dealkylation sites (N-methyl/N-ethyl adjacent to an activating group) is 1. The average Bonchev–Trinajstić information content (AvgIpc) is 2.71. The molecule has 0 saturated carbocycles. The second-order valence-corrected chi connectivity index (χ2v) is 10.8. The van der Waals surface area contributed by atoms with E-state index in [9.17, 15) is 22.8 Å². The van der Waals surface area contributed by atoms with Gasteiger partial charge in [0.2, 0.25) is 0 Å². The topological polar surface area (TPSA) is 88.1 Å². The number of benzene rings is 1. The van der Waals surface area contributed by atoms with E-state index >= 15 is 0 Å². The lowest BCUT2D eigenvalue weighted by molar-refractivity contribution is -0.183. The van der Waals surface area contributed by atoms with E-state index in [0.29, 0.717) is 10.6 Å². The zero-order valence-electron chi connectivity index (χ0n) is 18.4. The average molecular weight is 499 g/mol. The number of nitrogens with one attached hydrogen (secondary N) is 1. The summed E-state index contributed by atoms with van der Waals surface area (Å²) in [4.78, 5) is 23.9. The predicted octanol–water partition coefficient (Wildman–Crippen LogP) is 3.33. The third-order valence-corrected chi connectivity index (χ3v) is 7.12. The minimum Gasteiger partial charge on any atom is -0.490 e. The Hall–Kier alpha value is -1.63. The molecule has 1 aromatic rings. The summed E-state index contributed by atoms with van der Waals surface area (Å²) < 4.78 is 48.5. The van der Waals surface area contributed by atoms with E-state index < -0.39 is 18.0 Å². The molecule has 182 valence electrons. The van der Waals surface area contributed by atoms with Crippen LogP contribution < -0.4 is 10.1 Å². The van der Waals surface area contributed by atoms with Gasteiger partial charge >= 0.3 is 12.1 Å². The highest BCUT2D eigenvalue weighted by molar-refractivity contribution is 8.77. The van der Waals surface area contributed by atoms with Crippen molar-refractivity contribution in [2.45, 2.75) is 37.1 Å². The number of ether oxygens (including phenoxy) is 2. The molecule has 0 aromatic heterocycles. The molecule has 0 spiro atoms. The lowest BCUT2D eigenvalue weighted by Crippen LogP contribution is -2.42. The first-order valence-corrected chi connectivity index (χ1v) is 11.9. The first-order chi connectivity index (χ1) is 14.8. The third kappa shape index (κ3) is 11.3. The van der Waals surface area contributed by atoms with E-state index in [1.54, 1.807) is 22.9 Å². The summed E-state index contributed by atoms with van der Waals surface area (Å²) in [5.74, 6) is -2.06. The van der Waals surface area contributed by atoms with Crippen molar-refractivity contribution >= 4 is 33.4 Å². The molecule has 0 radical (unpaired) electrons. The van der Waals surface area contributed by atoms with Crippen LogP contribution in [-0.2, 0) is 9.53 Å². The maximum atomic E-state index is 12.4. The smallest absolute Gasteiger partial charge is 0.471 e. The highest BCUT2D eigenvalue weighted by Crippen LogP contribution is 2.38. The van der Waals surface area contributed by atoms with Crippen molar-refractivity contribution in [3.05, 3.63) is 29.8 Å². The second kappa shape index (κ2) is 13.2. The molecule has 0 bridgehead atoms. The molecule has 0 aliphatic rings. The van der Waals surface area contributed by atoms with E-state index in [0.717, 1.165) is 7.05 Å². The minimum atomic E-state index is -4.95. The first-order valence-electron chi connectivity index (χ1n) is 9.74. The van der Waals surface area contributed by atoms with Gasteiger partial charge < -0.3 is 24.8 Å². The fraction of sp³-hybridized carbons (Fsp3) is 0.600. The zero-order chi connectivity index (χ0) is 24.4. The van der Waals surface area contributed by atoms with Crippen LogP contribution in [0.5, 0.6) is 5.75 Å². The van der Waals surface area contributed by atoms with Gasteiger partial charge in [-0.3, -0.25) is 9.59 Å². The van der Waals surface area contributed by atoms with Gasteiger partial charge in [-0.25, -0.2) is 0 Å². The van der Waals surface area contributed by atoms with Crippen LogP contribution in [-0.4, -0.2) is 78.1 Å². The molecule has 0 aliphatic carbocycles. The minimum absolute atomic E-state index is 0.00226. The molecule has 0 fully saturated rings. The van der Waals surface area contributed by atoms with E-state index in [4.69, 9.17) is 14.6 Å². The summed E-state index contributed by atoms with van der Waals surface area (Å²) in [5.41, 5.74) is -0.0811. The highest BCUT2D eigenvalue weighted by Gasteiger charge is 2.41. The Labute approximate surface area is 193 Å². The summed E-state index contributed by atoms with van der Waals surface area (Å²) in [7, 11) is 4.12. The molecular formula is C20H29F3N2O5S2. The SMILES string of the molecule is CN(CCNC(=O)c1cccc(OCC(OCCO)SSC(C)(C)C)c1)C(=O)C(F)(F)F. The van der Waals surface area contributed by atoms with Gasteiger partial charge in [-0.05, 0) is 18.2 Å². The Balaban J connectivity index is 2.59. The number of hydrogen-bond acceptors (Lipinski definition) is 7. The highest BCUT2D eigenvalue weighted by atomic mass is 33.1. The van der Waals surface area contributed by atoms with Crippen LogP contribution in [0.15, 0.2) is 24.3 Å². The molecule has 2 N–H and O–H groups in total. The quantitative estimate of drug-likeness (QED) is 0.338. The van der Waals surface area contributed by atoms with Crippen molar-refractivity contribution in [3.63, 3.8) is 0 Å². The van der Waals surface area contributed by atoms with Gasteiger partial charge in [0.15, 0.2) is 0 Å². The van der Waals surface area contributed by atoms with Gasteiger partial charge in [0.05, 0.1) is 13.2 Å². The summed E-state index contributed by atoms with van der Waals surface area (Å²) in [5, 5.41) is 11.5. The number of aliphatic hydroxyl groups is 1. The monoisotopic (exact) mass is 498 g/mol. The van der Waals surface area contributed by atoms with Gasteiger partial charge in [0.1, 0.15) is 17.8 Å². The standard InChI is InChI=1S/C20H29F3N2O5S2/c1-19(2,3)32-31-16(29-11-10-26)13-30-15-7-5-6-14(12-15)17(27)24-8-9-25(4)18(28)20(21,22)23/h5-7,12,16,26H,8-11,13H2,1-4H3,(H,24,27). The molecule has 12 heteroatoms. The molecular weight excluding hydrogens is 469 g/mol. The molecule has 1 rings (SSSR count). The van der Waals surface area contributed by atoms with Gasteiger partial charge in [-0.2, -0.15) is 13.2 Å². The Morgan fingerprint density at radius 2 is 1.94 bits per heavy atom. The molecule has 1 unspecified atom stereocenters. The maximum absolute atomic E-state index is 12.4. The predicted molar refractivity (Wildman–Crippen MR) is 120 cm³/mol. The van der Waals surface area contributed by atoms with Crippen LogP contribution in [0.1, 0.15) is 31.1 Å². The van der Waals surface area contributed by atoms with Crippen LogP contribution >= 0.6 is 21.6 Å². The molecule has 1 atom stereocenters. The maximum Gasteiger partial charge on any atom is 0.471 e. The molecule has 0 heterocycles. The fourth-order valence-electron chi connectivity index (χ4n) is 2.13. The number of alkyl halides is 3. The lowest BCUT2D eigenvalue weighted by atomic mass is 10.2. The van der Waals surface area contributed by atoms with E-state index in [1.807, 2.05) is 0 Å². The van der Waals surface area contributed by atoms with Crippen LogP contribution in [0.2, 0.25) is 0 Å². The van der Waals surface area contributed by atoms with Crippen molar-refractivity contribution in [1.82, 2.24) is 10.2 Å². The molecule has 0 saturated heterocycles.